The highest BCUT2D eigenvalue weighted by molar-refractivity contribution is 5.95. The van der Waals surface area contributed by atoms with Crippen molar-refractivity contribution in [3.63, 3.8) is 0 Å². The van der Waals surface area contributed by atoms with Gasteiger partial charge in [-0.25, -0.2) is 0 Å². The van der Waals surface area contributed by atoms with Gasteiger partial charge in [0.2, 0.25) is 0 Å². The zero-order valence-electron chi connectivity index (χ0n) is 11.9. The molecule has 0 bridgehead atoms. The number of amides is 1. The van der Waals surface area contributed by atoms with Crippen LogP contribution in [0, 0.1) is 0 Å². The standard InChI is InChI=1S/C14H23N3O/c1-6-10(2)16-12-7-11(8-15-9-12)13(18)17-14(3,4)5/h7-10,16H,6H2,1-5H3,(H,17,18). The summed E-state index contributed by atoms with van der Waals surface area (Å²) < 4.78 is 0. The van der Waals surface area contributed by atoms with Gasteiger partial charge < -0.3 is 10.6 Å². The largest absolute Gasteiger partial charge is 0.381 e. The van der Waals surface area contributed by atoms with E-state index in [1.54, 1.807) is 12.4 Å². The second-order valence-corrected chi connectivity index (χ2v) is 5.62. The average Bonchev–Trinajstić information content (AvgIpc) is 2.27. The molecule has 0 saturated carbocycles. The molecule has 0 aromatic carbocycles. The van der Waals surface area contributed by atoms with Gasteiger partial charge in [0, 0.05) is 24.0 Å². The highest BCUT2D eigenvalue weighted by atomic mass is 16.1. The molecule has 0 saturated heterocycles. The van der Waals surface area contributed by atoms with Gasteiger partial charge >= 0.3 is 0 Å². The molecule has 4 heteroatoms. The number of rotatable bonds is 4. The first-order valence-electron chi connectivity index (χ1n) is 6.36. The van der Waals surface area contributed by atoms with Crippen LogP contribution in [-0.4, -0.2) is 22.5 Å². The molecule has 1 amide bonds. The van der Waals surface area contributed by atoms with E-state index in [0.29, 0.717) is 11.6 Å². The number of nitrogens with one attached hydrogen (secondary N) is 2. The molecule has 2 N–H and O–H groups in total. The molecule has 0 fully saturated rings. The molecule has 1 aromatic heterocycles. The molecule has 0 radical (unpaired) electrons. The van der Waals surface area contributed by atoms with E-state index >= 15 is 0 Å². The van der Waals surface area contributed by atoms with Crippen molar-refractivity contribution in [2.24, 2.45) is 0 Å². The number of hydrogen-bond donors (Lipinski definition) is 2. The van der Waals surface area contributed by atoms with Crippen LogP contribution in [0.1, 0.15) is 51.4 Å². The van der Waals surface area contributed by atoms with Crippen molar-refractivity contribution in [2.45, 2.75) is 52.6 Å². The number of nitrogens with zero attached hydrogens (tertiary/aromatic N) is 1. The van der Waals surface area contributed by atoms with E-state index in [9.17, 15) is 4.79 Å². The predicted octanol–water partition coefficient (Wildman–Crippen LogP) is 2.82. The highest BCUT2D eigenvalue weighted by Gasteiger charge is 2.15. The van der Waals surface area contributed by atoms with Crippen LogP contribution in [0.5, 0.6) is 0 Å². The van der Waals surface area contributed by atoms with Crippen molar-refractivity contribution in [1.29, 1.82) is 0 Å². The summed E-state index contributed by atoms with van der Waals surface area (Å²) in [7, 11) is 0. The van der Waals surface area contributed by atoms with Crippen LogP contribution in [0.4, 0.5) is 5.69 Å². The van der Waals surface area contributed by atoms with Crippen LogP contribution in [0.2, 0.25) is 0 Å². The molecular weight excluding hydrogens is 226 g/mol. The third-order valence-corrected chi connectivity index (χ3v) is 2.51. The van der Waals surface area contributed by atoms with Gasteiger partial charge in [-0.15, -0.1) is 0 Å². The Bertz CT molecular complexity index is 410. The number of carbonyl (C=O) groups excluding carboxylic acids is 1. The number of hydrogen-bond acceptors (Lipinski definition) is 3. The maximum absolute atomic E-state index is 12.0. The summed E-state index contributed by atoms with van der Waals surface area (Å²) in [6.45, 7) is 10.1. The third-order valence-electron chi connectivity index (χ3n) is 2.51. The molecule has 0 spiro atoms. The molecule has 1 rings (SSSR count). The van der Waals surface area contributed by atoms with Crippen LogP contribution < -0.4 is 10.6 Å². The summed E-state index contributed by atoms with van der Waals surface area (Å²) in [5.41, 5.74) is 1.22. The maximum Gasteiger partial charge on any atom is 0.253 e. The molecule has 0 aliphatic carbocycles. The molecule has 4 nitrogen and oxygen atoms in total. The Labute approximate surface area is 109 Å². The van der Waals surface area contributed by atoms with Crippen molar-refractivity contribution < 1.29 is 4.79 Å². The Morgan fingerprint density at radius 1 is 1.39 bits per heavy atom. The summed E-state index contributed by atoms with van der Waals surface area (Å²) in [6, 6.07) is 2.20. The lowest BCUT2D eigenvalue weighted by Crippen LogP contribution is -2.40. The minimum absolute atomic E-state index is 0.0946. The molecule has 0 aliphatic heterocycles. The van der Waals surface area contributed by atoms with E-state index in [4.69, 9.17) is 0 Å². The number of pyridine rings is 1. The van der Waals surface area contributed by atoms with Gasteiger partial charge in [-0.3, -0.25) is 9.78 Å². The number of aromatic nitrogens is 1. The Hall–Kier alpha value is -1.58. The van der Waals surface area contributed by atoms with E-state index in [1.807, 2.05) is 26.8 Å². The molecular formula is C14H23N3O. The molecule has 1 heterocycles. The average molecular weight is 249 g/mol. The molecule has 1 atom stereocenters. The Kier molecular flexibility index (Phi) is 4.70. The minimum atomic E-state index is -0.239. The van der Waals surface area contributed by atoms with E-state index in [2.05, 4.69) is 29.5 Å². The number of anilines is 1. The fraction of sp³-hybridized carbons (Fsp3) is 0.571. The topological polar surface area (TPSA) is 54.0 Å². The molecule has 1 aromatic rings. The van der Waals surface area contributed by atoms with Crippen LogP contribution in [0.25, 0.3) is 0 Å². The van der Waals surface area contributed by atoms with Crippen molar-refractivity contribution >= 4 is 11.6 Å². The summed E-state index contributed by atoms with van der Waals surface area (Å²) in [5, 5.41) is 6.23. The minimum Gasteiger partial charge on any atom is -0.381 e. The van der Waals surface area contributed by atoms with E-state index in [1.165, 1.54) is 0 Å². The lowest BCUT2D eigenvalue weighted by atomic mass is 10.1. The van der Waals surface area contributed by atoms with Crippen molar-refractivity contribution in [1.82, 2.24) is 10.3 Å². The quantitative estimate of drug-likeness (QED) is 0.862. The molecule has 100 valence electrons. The first-order valence-corrected chi connectivity index (χ1v) is 6.36. The van der Waals surface area contributed by atoms with Gasteiger partial charge in [-0.1, -0.05) is 6.92 Å². The van der Waals surface area contributed by atoms with Crippen molar-refractivity contribution in [3.05, 3.63) is 24.0 Å². The fourth-order valence-electron chi connectivity index (χ4n) is 1.44. The first kappa shape index (κ1) is 14.5. The fourth-order valence-corrected chi connectivity index (χ4v) is 1.44. The zero-order chi connectivity index (χ0) is 13.8. The monoisotopic (exact) mass is 249 g/mol. The van der Waals surface area contributed by atoms with Crippen LogP contribution in [0.3, 0.4) is 0 Å². The maximum atomic E-state index is 12.0. The Balaban J connectivity index is 2.78. The van der Waals surface area contributed by atoms with E-state index in [0.717, 1.165) is 12.1 Å². The van der Waals surface area contributed by atoms with Gasteiger partial charge in [0.15, 0.2) is 0 Å². The molecule has 18 heavy (non-hydrogen) atoms. The Morgan fingerprint density at radius 3 is 2.61 bits per heavy atom. The van der Waals surface area contributed by atoms with Crippen molar-refractivity contribution in [2.75, 3.05) is 5.32 Å². The second kappa shape index (κ2) is 5.85. The van der Waals surface area contributed by atoms with E-state index < -0.39 is 0 Å². The lowest BCUT2D eigenvalue weighted by molar-refractivity contribution is 0.0919. The summed E-state index contributed by atoms with van der Waals surface area (Å²) in [6.07, 6.45) is 4.35. The third kappa shape index (κ3) is 4.73. The lowest BCUT2D eigenvalue weighted by Gasteiger charge is -2.20. The highest BCUT2D eigenvalue weighted by Crippen LogP contribution is 2.12. The van der Waals surface area contributed by atoms with Crippen LogP contribution in [0.15, 0.2) is 18.5 Å². The normalized spacial score (nSPS) is 12.9. The van der Waals surface area contributed by atoms with Gasteiger partial charge in [-0.2, -0.15) is 0 Å². The van der Waals surface area contributed by atoms with Gasteiger partial charge in [0.25, 0.3) is 5.91 Å². The second-order valence-electron chi connectivity index (χ2n) is 5.62. The van der Waals surface area contributed by atoms with E-state index in [-0.39, 0.29) is 11.4 Å². The first-order chi connectivity index (χ1) is 8.31. The number of carbonyl (C=O) groups is 1. The SMILES string of the molecule is CCC(C)Nc1cncc(C(=O)NC(C)(C)C)c1. The van der Waals surface area contributed by atoms with Gasteiger partial charge in [0.05, 0.1) is 11.3 Å². The smallest absolute Gasteiger partial charge is 0.253 e. The molecule has 0 aliphatic rings. The molecule has 1 unspecified atom stereocenters. The van der Waals surface area contributed by atoms with Crippen LogP contribution in [-0.2, 0) is 0 Å². The summed E-state index contributed by atoms with van der Waals surface area (Å²) >= 11 is 0. The summed E-state index contributed by atoms with van der Waals surface area (Å²) in [4.78, 5) is 16.1. The van der Waals surface area contributed by atoms with Crippen molar-refractivity contribution in [3.8, 4) is 0 Å². The van der Waals surface area contributed by atoms with Gasteiger partial charge in [0.1, 0.15) is 0 Å². The van der Waals surface area contributed by atoms with Gasteiger partial charge in [-0.05, 0) is 40.2 Å². The zero-order valence-corrected chi connectivity index (χ0v) is 11.9. The Morgan fingerprint density at radius 2 is 2.06 bits per heavy atom. The van der Waals surface area contributed by atoms with Crippen LogP contribution >= 0.6 is 0 Å². The predicted molar refractivity (Wildman–Crippen MR) is 74.8 cm³/mol. The summed E-state index contributed by atoms with van der Waals surface area (Å²) in [5.74, 6) is -0.0946.